The topological polar surface area (TPSA) is 94.3 Å². The van der Waals surface area contributed by atoms with Gasteiger partial charge < -0.3 is 15.8 Å². The van der Waals surface area contributed by atoms with Crippen LogP contribution >= 0.6 is 0 Å². The molecular weight excluding hydrogens is 373 g/mol. The minimum atomic E-state index is -0.626. The van der Waals surface area contributed by atoms with Crippen LogP contribution in [0.2, 0.25) is 0 Å². The fourth-order valence-electron chi connectivity index (χ4n) is 2.95. The lowest BCUT2D eigenvalue weighted by atomic mass is 9.92. The Kier molecular flexibility index (Phi) is 5.99. The number of anilines is 1. The average molecular weight is 393 g/mol. The van der Waals surface area contributed by atoms with Gasteiger partial charge in [0, 0.05) is 17.8 Å². The van der Waals surface area contributed by atoms with Crippen molar-refractivity contribution in [3.63, 3.8) is 0 Å². The normalized spacial score (nSPS) is 11.6. The van der Waals surface area contributed by atoms with E-state index in [4.69, 9.17) is 10.5 Å². The van der Waals surface area contributed by atoms with Crippen LogP contribution in [-0.4, -0.2) is 24.0 Å². The smallest absolute Gasteiger partial charge is 0.337 e. The molecule has 0 aliphatic rings. The van der Waals surface area contributed by atoms with E-state index in [1.807, 2.05) is 13.0 Å². The molecule has 0 saturated heterocycles. The number of aromatic nitrogens is 1. The van der Waals surface area contributed by atoms with Crippen LogP contribution in [0.3, 0.4) is 0 Å². The Balaban J connectivity index is 2.02. The fourth-order valence-corrected chi connectivity index (χ4v) is 2.95. The molecule has 3 N–H and O–H groups in total. The number of hydrogen-bond donors (Lipinski definition) is 2. The number of nitrogens with one attached hydrogen (secondary N) is 1. The molecule has 148 valence electrons. The molecule has 0 fully saturated rings. The van der Waals surface area contributed by atoms with Crippen molar-refractivity contribution in [2.75, 3.05) is 12.4 Å². The van der Waals surface area contributed by atoms with E-state index in [-0.39, 0.29) is 11.7 Å². The first kappa shape index (κ1) is 20.2. The van der Waals surface area contributed by atoms with E-state index in [9.17, 15) is 14.0 Å². The predicted molar refractivity (Wildman–Crippen MR) is 108 cm³/mol. The Hall–Kier alpha value is -3.58. The lowest BCUT2D eigenvalue weighted by molar-refractivity contribution is 0.0600. The summed E-state index contributed by atoms with van der Waals surface area (Å²) >= 11 is 0. The Labute approximate surface area is 167 Å². The number of hydrogen-bond acceptors (Lipinski definition) is 5. The van der Waals surface area contributed by atoms with Gasteiger partial charge in [-0.05, 0) is 53.9 Å². The largest absolute Gasteiger partial charge is 0.465 e. The van der Waals surface area contributed by atoms with Gasteiger partial charge in [0.2, 0.25) is 0 Å². The third-order valence-corrected chi connectivity index (χ3v) is 4.42. The highest BCUT2D eigenvalue weighted by Gasteiger charge is 2.16. The molecular formula is C22H20FN3O3. The average Bonchev–Trinajstić information content (AvgIpc) is 2.74. The van der Waals surface area contributed by atoms with Gasteiger partial charge in [0.15, 0.2) is 5.82 Å². The zero-order chi connectivity index (χ0) is 21.0. The number of rotatable bonds is 5. The minimum Gasteiger partial charge on any atom is -0.465 e. The van der Waals surface area contributed by atoms with E-state index in [0.717, 1.165) is 11.8 Å². The van der Waals surface area contributed by atoms with Crippen LogP contribution in [0.25, 0.3) is 11.1 Å². The fraction of sp³-hybridized carbons (Fsp3) is 0.136. The van der Waals surface area contributed by atoms with Crippen LogP contribution in [0.5, 0.6) is 0 Å². The number of benzene rings is 2. The summed E-state index contributed by atoms with van der Waals surface area (Å²) in [6.45, 7) is 1.83. The molecule has 29 heavy (non-hydrogen) atoms. The Morgan fingerprint density at radius 2 is 1.93 bits per heavy atom. The molecule has 3 aromatic rings. The van der Waals surface area contributed by atoms with Gasteiger partial charge in [-0.2, -0.15) is 0 Å². The van der Waals surface area contributed by atoms with Gasteiger partial charge in [-0.25, -0.2) is 9.18 Å². The van der Waals surface area contributed by atoms with Gasteiger partial charge in [-0.15, -0.1) is 0 Å². The molecule has 0 saturated carbocycles. The van der Waals surface area contributed by atoms with Gasteiger partial charge in [0.1, 0.15) is 0 Å². The summed E-state index contributed by atoms with van der Waals surface area (Å²) in [7, 11) is 1.31. The molecule has 1 unspecified atom stereocenters. The number of amides is 1. The number of halogens is 1. The standard InChI is InChI=1S/C22H20FN3O3/c1-13(24)17-7-6-15(21(27)26-20-8-9-25-12-19(20)23)11-18(17)14-4-3-5-16(10-14)22(28)29-2/h3-13H,24H2,1-2H3,(H,25,26,27). The summed E-state index contributed by atoms with van der Waals surface area (Å²) in [6.07, 6.45) is 2.42. The van der Waals surface area contributed by atoms with E-state index in [2.05, 4.69) is 10.3 Å². The monoisotopic (exact) mass is 393 g/mol. The zero-order valence-electron chi connectivity index (χ0n) is 16.0. The first-order chi connectivity index (χ1) is 13.9. The van der Waals surface area contributed by atoms with Gasteiger partial charge in [-0.1, -0.05) is 18.2 Å². The molecule has 0 radical (unpaired) electrons. The van der Waals surface area contributed by atoms with E-state index in [1.165, 1.54) is 19.4 Å². The van der Waals surface area contributed by atoms with Crippen molar-refractivity contribution >= 4 is 17.6 Å². The molecule has 0 aliphatic carbocycles. The van der Waals surface area contributed by atoms with E-state index >= 15 is 0 Å². The van der Waals surface area contributed by atoms with Crippen molar-refractivity contribution in [1.82, 2.24) is 4.98 Å². The van der Waals surface area contributed by atoms with Gasteiger partial charge in [0.05, 0.1) is 24.6 Å². The molecule has 0 bridgehead atoms. The maximum atomic E-state index is 13.8. The second-order valence-corrected chi connectivity index (χ2v) is 6.47. The van der Waals surface area contributed by atoms with Crippen molar-refractivity contribution in [3.8, 4) is 11.1 Å². The van der Waals surface area contributed by atoms with E-state index in [1.54, 1.807) is 36.4 Å². The van der Waals surface area contributed by atoms with Crippen molar-refractivity contribution in [2.24, 2.45) is 5.73 Å². The maximum absolute atomic E-state index is 13.8. The molecule has 1 amide bonds. The Morgan fingerprint density at radius 3 is 2.62 bits per heavy atom. The van der Waals surface area contributed by atoms with Gasteiger partial charge >= 0.3 is 5.97 Å². The van der Waals surface area contributed by atoms with Crippen molar-refractivity contribution < 1.29 is 18.7 Å². The highest BCUT2D eigenvalue weighted by molar-refractivity contribution is 6.05. The minimum absolute atomic E-state index is 0.0375. The van der Waals surface area contributed by atoms with E-state index in [0.29, 0.717) is 22.3 Å². The lowest BCUT2D eigenvalue weighted by Crippen LogP contribution is -2.14. The molecule has 1 atom stereocenters. The molecule has 1 aromatic heterocycles. The quantitative estimate of drug-likeness (QED) is 0.640. The lowest BCUT2D eigenvalue weighted by Gasteiger charge is -2.16. The maximum Gasteiger partial charge on any atom is 0.337 e. The van der Waals surface area contributed by atoms with E-state index < -0.39 is 17.7 Å². The molecule has 2 aromatic carbocycles. The van der Waals surface area contributed by atoms with Gasteiger partial charge in [-0.3, -0.25) is 9.78 Å². The highest BCUT2D eigenvalue weighted by atomic mass is 19.1. The number of carbonyl (C=O) groups excluding carboxylic acids is 2. The molecule has 3 rings (SSSR count). The van der Waals surface area contributed by atoms with Gasteiger partial charge in [0.25, 0.3) is 5.91 Å². The van der Waals surface area contributed by atoms with Crippen molar-refractivity contribution in [3.05, 3.63) is 83.4 Å². The number of carbonyl (C=O) groups is 2. The summed E-state index contributed by atoms with van der Waals surface area (Å²) < 4.78 is 18.6. The Morgan fingerprint density at radius 1 is 1.14 bits per heavy atom. The van der Waals surface area contributed by atoms with Crippen molar-refractivity contribution in [2.45, 2.75) is 13.0 Å². The Bertz CT molecular complexity index is 1070. The number of nitrogens with zero attached hydrogens (tertiary/aromatic N) is 1. The summed E-state index contributed by atoms with van der Waals surface area (Å²) in [5.41, 5.74) is 9.06. The summed E-state index contributed by atoms with van der Waals surface area (Å²) in [5, 5.41) is 2.53. The molecule has 7 heteroatoms. The van der Waals surface area contributed by atoms with Crippen LogP contribution < -0.4 is 11.1 Å². The molecule has 6 nitrogen and oxygen atoms in total. The number of ether oxygens (including phenoxy) is 1. The summed E-state index contributed by atoms with van der Waals surface area (Å²) in [4.78, 5) is 28.2. The summed E-state index contributed by atoms with van der Waals surface area (Å²) in [5.74, 6) is -1.56. The predicted octanol–water partition coefficient (Wildman–Crippen LogP) is 3.95. The molecule has 0 spiro atoms. The number of methoxy groups -OCH3 is 1. The third kappa shape index (κ3) is 4.47. The molecule has 1 heterocycles. The molecule has 0 aliphatic heterocycles. The van der Waals surface area contributed by atoms with Crippen LogP contribution in [0.4, 0.5) is 10.1 Å². The zero-order valence-corrected chi connectivity index (χ0v) is 16.0. The highest BCUT2D eigenvalue weighted by Crippen LogP contribution is 2.30. The number of nitrogens with two attached hydrogens (primary N) is 1. The van der Waals surface area contributed by atoms with Crippen LogP contribution in [0.1, 0.15) is 39.2 Å². The van der Waals surface area contributed by atoms with Crippen LogP contribution in [-0.2, 0) is 4.74 Å². The van der Waals surface area contributed by atoms with Crippen LogP contribution in [0.15, 0.2) is 60.9 Å². The van der Waals surface area contributed by atoms with Crippen LogP contribution in [0, 0.1) is 5.82 Å². The first-order valence-electron chi connectivity index (χ1n) is 8.90. The SMILES string of the molecule is COC(=O)c1cccc(-c2cc(C(=O)Nc3ccncc3F)ccc2C(C)N)c1. The third-order valence-electron chi connectivity index (χ3n) is 4.42. The second-order valence-electron chi connectivity index (χ2n) is 6.47. The second kappa shape index (κ2) is 8.62. The first-order valence-corrected chi connectivity index (χ1v) is 8.90. The number of pyridine rings is 1. The number of esters is 1. The summed E-state index contributed by atoms with van der Waals surface area (Å²) in [6, 6.07) is 13.0. The van der Waals surface area contributed by atoms with Crippen molar-refractivity contribution in [1.29, 1.82) is 0 Å².